The van der Waals surface area contributed by atoms with Gasteiger partial charge < -0.3 is 14.8 Å². The Kier molecular flexibility index (Phi) is 4.91. The van der Waals surface area contributed by atoms with Crippen LogP contribution >= 0.6 is 0 Å². The van der Waals surface area contributed by atoms with Crippen LogP contribution < -0.4 is 5.32 Å². The molecule has 0 aliphatic rings. The summed E-state index contributed by atoms with van der Waals surface area (Å²) in [6.07, 6.45) is 2.00. The zero-order valence-electron chi connectivity index (χ0n) is 14.1. The molecular weight excluding hydrogens is 274 g/mol. The molecule has 0 spiro atoms. The number of amides is 2. The van der Waals surface area contributed by atoms with Crippen LogP contribution in [-0.2, 0) is 13.6 Å². The average Bonchev–Trinajstić information content (AvgIpc) is 2.84. The van der Waals surface area contributed by atoms with Crippen LogP contribution in [0.15, 0.2) is 36.5 Å². The minimum atomic E-state index is -0.0665. The maximum Gasteiger partial charge on any atom is 0.322 e. The minimum absolute atomic E-state index is 0.0665. The molecule has 1 heterocycles. The van der Waals surface area contributed by atoms with Gasteiger partial charge in [0.05, 0.1) is 6.54 Å². The van der Waals surface area contributed by atoms with E-state index in [0.717, 1.165) is 16.9 Å². The molecule has 1 aromatic heterocycles. The standard InChI is InChI=1S/C18H25N3O/c1-13(2)21(12-16-7-6-10-20(16)5)18(22)19-17-9-8-14(3)11-15(17)4/h6-11,13H,12H2,1-5H3,(H,19,22). The number of nitrogens with zero attached hydrogens (tertiary/aromatic N) is 2. The molecule has 1 aromatic carbocycles. The summed E-state index contributed by atoms with van der Waals surface area (Å²) < 4.78 is 2.04. The average molecular weight is 299 g/mol. The van der Waals surface area contributed by atoms with Crippen molar-refractivity contribution in [1.29, 1.82) is 0 Å². The van der Waals surface area contributed by atoms with Crippen molar-refractivity contribution < 1.29 is 4.79 Å². The number of carbonyl (C=O) groups is 1. The Morgan fingerprint density at radius 3 is 2.55 bits per heavy atom. The molecule has 0 aliphatic carbocycles. The van der Waals surface area contributed by atoms with Gasteiger partial charge in [0, 0.05) is 30.7 Å². The van der Waals surface area contributed by atoms with Crippen molar-refractivity contribution in [2.75, 3.05) is 5.32 Å². The third kappa shape index (κ3) is 3.70. The van der Waals surface area contributed by atoms with Gasteiger partial charge in [0.25, 0.3) is 0 Å². The molecular formula is C18H25N3O. The maximum absolute atomic E-state index is 12.6. The smallest absolute Gasteiger partial charge is 0.322 e. The van der Waals surface area contributed by atoms with Crippen LogP contribution in [0.25, 0.3) is 0 Å². The van der Waals surface area contributed by atoms with Gasteiger partial charge in [-0.05, 0) is 51.5 Å². The normalized spacial score (nSPS) is 10.8. The predicted molar refractivity (Wildman–Crippen MR) is 91.0 cm³/mol. The van der Waals surface area contributed by atoms with E-state index in [0.29, 0.717) is 6.54 Å². The van der Waals surface area contributed by atoms with Crippen molar-refractivity contribution in [3.8, 4) is 0 Å². The highest BCUT2D eigenvalue weighted by atomic mass is 16.2. The van der Waals surface area contributed by atoms with Crippen molar-refractivity contribution in [3.63, 3.8) is 0 Å². The molecule has 2 rings (SSSR count). The van der Waals surface area contributed by atoms with Gasteiger partial charge in [-0.25, -0.2) is 4.79 Å². The van der Waals surface area contributed by atoms with Gasteiger partial charge in [0.15, 0.2) is 0 Å². The number of nitrogens with one attached hydrogen (secondary N) is 1. The first kappa shape index (κ1) is 16.1. The molecule has 0 saturated carbocycles. The van der Waals surface area contributed by atoms with Crippen LogP contribution in [0.5, 0.6) is 0 Å². The van der Waals surface area contributed by atoms with Crippen LogP contribution in [-0.4, -0.2) is 21.5 Å². The number of rotatable bonds is 4. The van der Waals surface area contributed by atoms with Crippen LogP contribution in [0, 0.1) is 13.8 Å². The molecule has 0 bridgehead atoms. The van der Waals surface area contributed by atoms with E-state index in [1.807, 2.05) is 67.7 Å². The Hall–Kier alpha value is -2.23. The summed E-state index contributed by atoms with van der Waals surface area (Å²) in [6, 6.07) is 10.1. The number of hydrogen-bond acceptors (Lipinski definition) is 1. The highest BCUT2D eigenvalue weighted by molar-refractivity contribution is 5.90. The fraction of sp³-hybridized carbons (Fsp3) is 0.389. The molecule has 2 aromatic rings. The second-order valence-corrected chi connectivity index (χ2v) is 6.08. The van der Waals surface area contributed by atoms with Crippen LogP contribution in [0.1, 0.15) is 30.7 Å². The van der Waals surface area contributed by atoms with Crippen molar-refractivity contribution >= 4 is 11.7 Å². The Morgan fingerprint density at radius 1 is 1.27 bits per heavy atom. The van der Waals surface area contributed by atoms with Gasteiger partial charge in [0.2, 0.25) is 0 Å². The Bertz CT molecular complexity index is 658. The third-order valence-corrected chi connectivity index (χ3v) is 3.89. The number of aromatic nitrogens is 1. The van der Waals surface area contributed by atoms with Crippen LogP contribution in [0.4, 0.5) is 10.5 Å². The summed E-state index contributed by atoms with van der Waals surface area (Å²) >= 11 is 0. The zero-order valence-corrected chi connectivity index (χ0v) is 14.1. The molecule has 0 radical (unpaired) electrons. The number of benzene rings is 1. The summed E-state index contributed by atoms with van der Waals surface area (Å²) in [5, 5.41) is 3.03. The number of urea groups is 1. The topological polar surface area (TPSA) is 37.3 Å². The van der Waals surface area contributed by atoms with Crippen LogP contribution in [0.3, 0.4) is 0 Å². The van der Waals surface area contributed by atoms with Crippen molar-refractivity contribution in [2.45, 2.75) is 40.3 Å². The van der Waals surface area contributed by atoms with Gasteiger partial charge in [0.1, 0.15) is 0 Å². The molecule has 118 valence electrons. The lowest BCUT2D eigenvalue weighted by molar-refractivity contribution is 0.192. The van der Waals surface area contributed by atoms with Gasteiger partial charge in [-0.15, -0.1) is 0 Å². The largest absolute Gasteiger partial charge is 0.353 e. The number of aryl methyl sites for hydroxylation is 3. The molecule has 4 nitrogen and oxygen atoms in total. The number of anilines is 1. The quantitative estimate of drug-likeness (QED) is 0.907. The molecule has 0 fully saturated rings. The molecule has 2 amide bonds. The molecule has 4 heteroatoms. The van der Waals surface area contributed by atoms with E-state index >= 15 is 0 Å². The summed E-state index contributed by atoms with van der Waals surface area (Å²) in [5.41, 5.74) is 4.26. The first-order chi connectivity index (χ1) is 10.4. The lowest BCUT2D eigenvalue weighted by atomic mass is 10.1. The summed E-state index contributed by atoms with van der Waals surface area (Å²) in [6.45, 7) is 8.72. The highest BCUT2D eigenvalue weighted by Crippen LogP contribution is 2.18. The second kappa shape index (κ2) is 6.69. The first-order valence-corrected chi connectivity index (χ1v) is 7.63. The SMILES string of the molecule is Cc1ccc(NC(=O)N(Cc2cccn2C)C(C)C)c(C)c1. The van der Waals surface area contributed by atoms with Gasteiger partial charge in [-0.3, -0.25) is 0 Å². The van der Waals surface area contributed by atoms with Gasteiger partial charge in [-0.1, -0.05) is 17.7 Å². The monoisotopic (exact) mass is 299 g/mol. The summed E-state index contributed by atoms with van der Waals surface area (Å²) in [4.78, 5) is 14.5. The molecule has 1 N–H and O–H groups in total. The Balaban J connectivity index is 2.14. The van der Waals surface area contributed by atoms with Crippen molar-refractivity contribution in [2.24, 2.45) is 7.05 Å². The molecule has 0 aliphatic heterocycles. The number of carbonyl (C=O) groups excluding carboxylic acids is 1. The molecule has 0 atom stereocenters. The fourth-order valence-electron chi connectivity index (χ4n) is 2.47. The first-order valence-electron chi connectivity index (χ1n) is 7.63. The van der Waals surface area contributed by atoms with E-state index in [2.05, 4.69) is 18.3 Å². The Morgan fingerprint density at radius 2 is 2.00 bits per heavy atom. The van der Waals surface area contributed by atoms with Crippen molar-refractivity contribution in [1.82, 2.24) is 9.47 Å². The highest BCUT2D eigenvalue weighted by Gasteiger charge is 2.19. The predicted octanol–water partition coefficient (Wildman–Crippen LogP) is 4.08. The van der Waals surface area contributed by atoms with E-state index in [9.17, 15) is 4.79 Å². The van der Waals surface area contributed by atoms with E-state index < -0.39 is 0 Å². The van der Waals surface area contributed by atoms with E-state index in [1.54, 1.807) is 0 Å². The lowest BCUT2D eigenvalue weighted by Gasteiger charge is -2.27. The van der Waals surface area contributed by atoms with E-state index in [-0.39, 0.29) is 12.1 Å². The second-order valence-electron chi connectivity index (χ2n) is 6.08. The molecule has 0 saturated heterocycles. The third-order valence-electron chi connectivity index (χ3n) is 3.89. The van der Waals surface area contributed by atoms with Gasteiger partial charge >= 0.3 is 6.03 Å². The van der Waals surface area contributed by atoms with Crippen molar-refractivity contribution in [3.05, 3.63) is 53.3 Å². The minimum Gasteiger partial charge on any atom is -0.353 e. The molecule has 22 heavy (non-hydrogen) atoms. The summed E-state index contributed by atoms with van der Waals surface area (Å²) in [7, 11) is 2.00. The van der Waals surface area contributed by atoms with E-state index in [1.165, 1.54) is 5.56 Å². The van der Waals surface area contributed by atoms with Crippen LogP contribution in [0.2, 0.25) is 0 Å². The fourth-order valence-corrected chi connectivity index (χ4v) is 2.47. The lowest BCUT2D eigenvalue weighted by Crippen LogP contribution is -2.40. The van der Waals surface area contributed by atoms with Gasteiger partial charge in [-0.2, -0.15) is 0 Å². The van der Waals surface area contributed by atoms with E-state index in [4.69, 9.17) is 0 Å². The summed E-state index contributed by atoms with van der Waals surface area (Å²) in [5.74, 6) is 0. The number of hydrogen-bond donors (Lipinski definition) is 1. The maximum atomic E-state index is 12.6. The zero-order chi connectivity index (χ0) is 16.3. The Labute approximate surface area is 132 Å². The molecule has 0 unspecified atom stereocenters.